The van der Waals surface area contributed by atoms with Crippen LogP contribution < -0.4 is 10.2 Å². The van der Waals surface area contributed by atoms with Crippen molar-refractivity contribution in [3.05, 3.63) is 101 Å². The van der Waals surface area contributed by atoms with E-state index < -0.39 is 17.7 Å². The first-order valence-corrected chi connectivity index (χ1v) is 10.1. The van der Waals surface area contributed by atoms with Crippen LogP contribution in [-0.4, -0.2) is 22.8 Å². The van der Waals surface area contributed by atoms with Gasteiger partial charge in [0.15, 0.2) is 0 Å². The first-order valence-electron chi connectivity index (χ1n) is 10.1. The standard InChI is InChI=1S/C26H18N2O4/c1-15-9-11-18(12-10-15)28-25(31)19-7-4-8-21(23(19)26(28)32)27-24(30)20-13-16-5-2-3-6-17(16)14-22(20)29/h2-14,29H,1H3,(H,27,30). The van der Waals surface area contributed by atoms with Gasteiger partial charge >= 0.3 is 0 Å². The van der Waals surface area contributed by atoms with Crippen LogP contribution in [-0.2, 0) is 0 Å². The summed E-state index contributed by atoms with van der Waals surface area (Å²) in [6, 6.07) is 22.3. The molecule has 5 rings (SSSR count). The van der Waals surface area contributed by atoms with Crippen LogP contribution in [0.4, 0.5) is 11.4 Å². The number of hydrogen-bond donors (Lipinski definition) is 2. The van der Waals surface area contributed by atoms with Crippen LogP contribution in [0.3, 0.4) is 0 Å². The predicted molar refractivity (Wildman–Crippen MR) is 122 cm³/mol. The lowest BCUT2D eigenvalue weighted by Gasteiger charge is -2.14. The molecule has 2 N–H and O–H groups in total. The molecule has 1 aliphatic heterocycles. The number of imide groups is 1. The lowest BCUT2D eigenvalue weighted by Crippen LogP contribution is -2.29. The molecule has 0 fully saturated rings. The summed E-state index contributed by atoms with van der Waals surface area (Å²) in [6.45, 7) is 1.92. The molecule has 4 aromatic carbocycles. The summed E-state index contributed by atoms with van der Waals surface area (Å²) in [5.41, 5.74) is 2.11. The molecule has 6 nitrogen and oxygen atoms in total. The summed E-state index contributed by atoms with van der Waals surface area (Å²) in [7, 11) is 0. The SMILES string of the molecule is Cc1ccc(N2C(=O)c3cccc(NC(=O)c4cc5ccccc5cc4O)c3C2=O)cc1. The first-order chi connectivity index (χ1) is 15.4. The number of aromatic hydroxyl groups is 1. The number of phenolic OH excluding ortho intramolecular Hbond substituents is 1. The van der Waals surface area contributed by atoms with Crippen molar-refractivity contribution in [2.45, 2.75) is 6.92 Å². The van der Waals surface area contributed by atoms with Gasteiger partial charge in [0.05, 0.1) is 28.1 Å². The van der Waals surface area contributed by atoms with Gasteiger partial charge in [-0.3, -0.25) is 14.4 Å². The van der Waals surface area contributed by atoms with E-state index in [2.05, 4.69) is 5.32 Å². The molecule has 1 aliphatic rings. The molecule has 32 heavy (non-hydrogen) atoms. The molecular weight excluding hydrogens is 404 g/mol. The molecule has 1 heterocycles. The fraction of sp³-hybridized carbons (Fsp3) is 0.0385. The normalized spacial score (nSPS) is 12.8. The van der Waals surface area contributed by atoms with Crippen molar-refractivity contribution in [1.29, 1.82) is 0 Å². The third kappa shape index (κ3) is 3.09. The summed E-state index contributed by atoms with van der Waals surface area (Å²) in [4.78, 5) is 40.2. The number of hydrogen-bond acceptors (Lipinski definition) is 4. The molecule has 0 aromatic heterocycles. The van der Waals surface area contributed by atoms with E-state index in [-0.39, 0.29) is 28.1 Å². The molecule has 4 aromatic rings. The number of aryl methyl sites for hydroxylation is 1. The molecule has 0 bridgehead atoms. The Morgan fingerprint density at radius 1 is 0.844 bits per heavy atom. The second-order valence-corrected chi connectivity index (χ2v) is 7.68. The van der Waals surface area contributed by atoms with E-state index in [0.717, 1.165) is 21.2 Å². The van der Waals surface area contributed by atoms with Crippen LogP contribution in [0.5, 0.6) is 5.75 Å². The van der Waals surface area contributed by atoms with Crippen molar-refractivity contribution >= 4 is 39.9 Å². The summed E-state index contributed by atoms with van der Waals surface area (Å²) < 4.78 is 0. The second-order valence-electron chi connectivity index (χ2n) is 7.68. The minimum Gasteiger partial charge on any atom is -0.507 e. The molecule has 0 aliphatic carbocycles. The molecular formula is C26H18N2O4. The van der Waals surface area contributed by atoms with Gasteiger partial charge in [-0.2, -0.15) is 0 Å². The van der Waals surface area contributed by atoms with Crippen LogP contribution in [0, 0.1) is 6.92 Å². The third-order valence-electron chi connectivity index (χ3n) is 5.56. The molecule has 0 saturated heterocycles. The Bertz CT molecular complexity index is 1420. The summed E-state index contributed by atoms with van der Waals surface area (Å²) in [5.74, 6) is -1.70. The molecule has 156 valence electrons. The van der Waals surface area contributed by atoms with Crippen molar-refractivity contribution in [2.75, 3.05) is 10.2 Å². The number of nitrogens with one attached hydrogen (secondary N) is 1. The topological polar surface area (TPSA) is 86.7 Å². The summed E-state index contributed by atoms with van der Waals surface area (Å²) >= 11 is 0. The van der Waals surface area contributed by atoms with Gasteiger partial charge < -0.3 is 10.4 Å². The number of carbonyl (C=O) groups is 3. The highest BCUT2D eigenvalue weighted by Gasteiger charge is 2.38. The lowest BCUT2D eigenvalue weighted by molar-refractivity contribution is 0.0926. The Kier molecular flexibility index (Phi) is 4.48. The van der Waals surface area contributed by atoms with Gasteiger partial charge in [-0.1, -0.05) is 48.0 Å². The van der Waals surface area contributed by atoms with Gasteiger partial charge in [-0.25, -0.2) is 4.90 Å². The van der Waals surface area contributed by atoms with Crippen molar-refractivity contribution in [3.8, 4) is 5.75 Å². The van der Waals surface area contributed by atoms with E-state index in [4.69, 9.17) is 0 Å². The van der Waals surface area contributed by atoms with Crippen LogP contribution in [0.15, 0.2) is 78.9 Å². The number of rotatable bonds is 3. The van der Waals surface area contributed by atoms with E-state index in [1.54, 1.807) is 36.4 Å². The quantitative estimate of drug-likeness (QED) is 0.460. The second kappa shape index (κ2) is 7.35. The number of anilines is 2. The predicted octanol–water partition coefficient (Wildman–Crippen LogP) is 4.91. The Balaban J connectivity index is 1.51. The fourth-order valence-corrected chi connectivity index (χ4v) is 3.92. The van der Waals surface area contributed by atoms with Crippen LogP contribution in [0.25, 0.3) is 10.8 Å². The Labute approximate surface area is 183 Å². The highest BCUT2D eigenvalue weighted by molar-refractivity contribution is 6.36. The van der Waals surface area contributed by atoms with Crippen molar-refractivity contribution in [3.63, 3.8) is 0 Å². The summed E-state index contributed by atoms with van der Waals surface area (Å²) in [5, 5.41) is 14.7. The lowest BCUT2D eigenvalue weighted by atomic mass is 10.0. The number of nitrogens with zero attached hydrogens (tertiary/aromatic N) is 1. The van der Waals surface area contributed by atoms with Crippen LogP contribution in [0.2, 0.25) is 0 Å². The highest BCUT2D eigenvalue weighted by atomic mass is 16.3. The van der Waals surface area contributed by atoms with Crippen LogP contribution in [0.1, 0.15) is 36.6 Å². The molecule has 0 unspecified atom stereocenters. The van der Waals surface area contributed by atoms with Gasteiger partial charge in [-0.15, -0.1) is 0 Å². The first kappa shape index (κ1) is 19.5. The monoisotopic (exact) mass is 422 g/mol. The van der Waals surface area contributed by atoms with Gasteiger partial charge in [0.1, 0.15) is 5.75 Å². The Morgan fingerprint density at radius 2 is 1.53 bits per heavy atom. The van der Waals surface area contributed by atoms with Crippen molar-refractivity contribution in [1.82, 2.24) is 0 Å². The van der Waals surface area contributed by atoms with Gasteiger partial charge in [0.2, 0.25) is 0 Å². The minimum absolute atomic E-state index is 0.0773. The number of fused-ring (bicyclic) bond motifs is 2. The van der Waals surface area contributed by atoms with Gasteiger partial charge in [0.25, 0.3) is 17.7 Å². The van der Waals surface area contributed by atoms with E-state index in [9.17, 15) is 19.5 Å². The number of amides is 3. The maximum Gasteiger partial charge on any atom is 0.268 e. The number of benzene rings is 4. The van der Waals surface area contributed by atoms with E-state index in [0.29, 0.717) is 5.69 Å². The van der Waals surface area contributed by atoms with Crippen LogP contribution >= 0.6 is 0 Å². The average Bonchev–Trinajstić information content (AvgIpc) is 3.05. The van der Waals surface area contributed by atoms with Crippen molar-refractivity contribution < 1.29 is 19.5 Å². The van der Waals surface area contributed by atoms with E-state index in [1.807, 2.05) is 43.3 Å². The third-order valence-corrected chi connectivity index (χ3v) is 5.56. The number of carbonyl (C=O) groups excluding carboxylic acids is 3. The summed E-state index contributed by atoms with van der Waals surface area (Å²) in [6.07, 6.45) is 0. The average molecular weight is 422 g/mol. The zero-order chi connectivity index (χ0) is 22.4. The highest BCUT2D eigenvalue weighted by Crippen LogP contribution is 2.34. The van der Waals surface area contributed by atoms with E-state index >= 15 is 0 Å². The molecule has 0 saturated carbocycles. The fourth-order valence-electron chi connectivity index (χ4n) is 3.92. The Hall–Kier alpha value is -4.45. The molecule has 0 spiro atoms. The Morgan fingerprint density at radius 3 is 2.25 bits per heavy atom. The van der Waals surface area contributed by atoms with E-state index in [1.165, 1.54) is 6.07 Å². The largest absolute Gasteiger partial charge is 0.507 e. The molecule has 6 heteroatoms. The zero-order valence-corrected chi connectivity index (χ0v) is 17.1. The zero-order valence-electron chi connectivity index (χ0n) is 17.1. The maximum absolute atomic E-state index is 13.2. The number of phenols is 1. The van der Waals surface area contributed by atoms with Crippen molar-refractivity contribution in [2.24, 2.45) is 0 Å². The molecule has 0 atom stereocenters. The minimum atomic E-state index is -0.573. The van der Waals surface area contributed by atoms with Gasteiger partial charge in [-0.05, 0) is 54.1 Å². The maximum atomic E-state index is 13.2. The smallest absolute Gasteiger partial charge is 0.268 e. The molecule has 3 amide bonds. The molecule has 0 radical (unpaired) electrons. The van der Waals surface area contributed by atoms with Gasteiger partial charge in [0, 0.05) is 0 Å².